The second-order valence-electron chi connectivity index (χ2n) is 9.71. The van der Waals surface area contributed by atoms with Crippen molar-refractivity contribution in [2.75, 3.05) is 17.3 Å². The second kappa shape index (κ2) is 11.5. The van der Waals surface area contributed by atoms with Crippen LogP contribution in [0.2, 0.25) is 0 Å². The van der Waals surface area contributed by atoms with Crippen LogP contribution in [0.5, 0.6) is 0 Å². The number of nitrogens with one attached hydrogen (secondary N) is 2. The van der Waals surface area contributed by atoms with Crippen molar-refractivity contribution in [1.29, 1.82) is 0 Å². The molecule has 2 N–H and O–H groups in total. The van der Waals surface area contributed by atoms with Gasteiger partial charge in [-0.25, -0.2) is 0 Å². The molecule has 1 aromatic rings. The van der Waals surface area contributed by atoms with Crippen LogP contribution < -0.4 is 15.5 Å². The van der Waals surface area contributed by atoms with Crippen molar-refractivity contribution in [3.8, 4) is 0 Å². The van der Waals surface area contributed by atoms with Gasteiger partial charge in [0.05, 0.1) is 11.4 Å². The van der Waals surface area contributed by atoms with Gasteiger partial charge in [0.1, 0.15) is 24.6 Å². The predicted octanol–water partition coefficient (Wildman–Crippen LogP) is 4.96. The molecular weight excluding hydrogens is 414 g/mol. The maximum absolute atomic E-state index is 12.8. The number of hydrogen-bond acceptors (Lipinski definition) is 6. The van der Waals surface area contributed by atoms with E-state index in [1.54, 1.807) is 0 Å². The molecule has 1 aliphatic heterocycles. The van der Waals surface area contributed by atoms with E-state index in [0.717, 1.165) is 60.9 Å². The lowest BCUT2D eigenvalue weighted by molar-refractivity contribution is -0.151. The van der Waals surface area contributed by atoms with E-state index in [9.17, 15) is 9.59 Å². The highest BCUT2D eigenvalue weighted by Gasteiger charge is 2.29. The number of hydrogen-bond donors (Lipinski definition) is 2. The molecule has 2 aliphatic rings. The minimum Gasteiger partial charge on any atom is -0.461 e. The molecule has 1 fully saturated rings. The zero-order chi connectivity index (χ0) is 24.0. The first-order valence-electron chi connectivity index (χ1n) is 12.2. The Morgan fingerprint density at radius 2 is 2.03 bits per heavy atom. The molecule has 1 heterocycles. The molecule has 1 saturated carbocycles. The zero-order valence-electron chi connectivity index (χ0n) is 20.7. The Bertz CT molecular complexity index is 900. The predicted molar refractivity (Wildman–Crippen MR) is 134 cm³/mol. The molecule has 0 amide bonds. The van der Waals surface area contributed by atoms with Gasteiger partial charge >= 0.3 is 5.97 Å². The Labute approximate surface area is 198 Å². The Morgan fingerprint density at radius 1 is 1.30 bits per heavy atom. The highest BCUT2D eigenvalue weighted by atomic mass is 16.5. The van der Waals surface area contributed by atoms with Crippen LogP contribution in [0.3, 0.4) is 0 Å². The Morgan fingerprint density at radius 3 is 2.67 bits per heavy atom. The van der Waals surface area contributed by atoms with E-state index in [0.29, 0.717) is 18.0 Å². The van der Waals surface area contributed by atoms with E-state index < -0.39 is 0 Å². The first-order chi connectivity index (χ1) is 15.8. The summed E-state index contributed by atoms with van der Waals surface area (Å²) in [4.78, 5) is 26.1. The SMILES string of the molecule is C/C=C(\C=C(\C)C=O)C1Nc2cc(CNC(CC(C)C)C(=O)OC3CCCC3)ccc2N1C. The van der Waals surface area contributed by atoms with Crippen LogP contribution in [0, 0.1) is 5.92 Å². The lowest BCUT2D eigenvalue weighted by Crippen LogP contribution is -2.40. The smallest absolute Gasteiger partial charge is 0.323 e. The number of allylic oxidation sites excluding steroid dienone is 2. The molecule has 2 atom stereocenters. The summed E-state index contributed by atoms with van der Waals surface area (Å²) in [7, 11) is 2.05. The number of anilines is 2. The molecule has 0 saturated heterocycles. The molecule has 2 unspecified atom stereocenters. The van der Waals surface area contributed by atoms with Gasteiger partial charge in [-0.05, 0) is 86.8 Å². The molecule has 0 aromatic heterocycles. The summed E-state index contributed by atoms with van der Waals surface area (Å²) in [6.45, 7) is 8.66. The van der Waals surface area contributed by atoms with E-state index in [1.807, 2.05) is 33.0 Å². The quantitative estimate of drug-likeness (QED) is 0.226. The maximum atomic E-state index is 12.8. The number of esters is 1. The van der Waals surface area contributed by atoms with Crippen molar-refractivity contribution < 1.29 is 14.3 Å². The molecule has 0 radical (unpaired) electrons. The first kappa shape index (κ1) is 25.0. The summed E-state index contributed by atoms with van der Waals surface area (Å²) in [5.41, 5.74) is 5.01. The van der Waals surface area contributed by atoms with Gasteiger partial charge < -0.3 is 20.3 Å². The van der Waals surface area contributed by atoms with E-state index >= 15 is 0 Å². The number of fused-ring (bicyclic) bond motifs is 1. The normalized spacial score (nSPS) is 20.1. The maximum Gasteiger partial charge on any atom is 0.323 e. The number of rotatable bonds is 10. The fourth-order valence-corrected chi connectivity index (χ4v) is 4.65. The zero-order valence-corrected chi connectivity index (χ0v) is 20.7. The van der Waals surface area contributed by atoms with Gasteiger partial charge in [-0.3, -0.25) is 9.59 Å². The van der Waals surface area contributed by atoms with Gasteiger partial charge in [-0.15, -0.1) is 0 Å². The first-order valence-corrected chi connectivity index (χ1v) is 12.2. The Balaban J connectivity index is 1.67. The van der Waals surface area contributed by atoms with E-state index in [2.05, 4.69) is 47.6 Å². The third-order valence-corrected chi connectivity index (χ3v) is 6.48. The number of carbonyl (C=O) groups is 2. The van der Waals surface area contributed by atoms with Crippen molar-refractivity contribution in [3.05, 3.63) is 47.1 Å². The lowest BCUT2D eigenvalue weighted by Gasteiger charge is -2.23. The van der Waals surface area contributed by atoms with Crippen molar-refractivity contribution in [2.24, 2.45) is 5.92 Å². The molecule has 0 bridgehead atoms. The second-order valence-corrected chi connectivity index (χ2v) is 9.71. The number of nitrogens with zero attached hydrogens (tertiary/aromatic N) is 1. The average molecular weight is 454 g/mol. The van der Waals surface area contributed by atoms with Crippen molar-refractivity contribution in [3.63, 3.8) is 0 Å². The summed E-state index contributed by atoms with van der Waals surface area (Å²) in [6.07, 6.45) is 9.91. The fraction of sp³-hybridized carbons (Fsp3) is 0.556. The van der Waals surface area contributed by atoms with Gasteiger partial charge in [-0.2, -0.15) is 0 Å². The number of likely N-dealkylation sites (N-methyl/N-ethyl adjacent to an activating group) is 1. The monoisotopic (exact) mass is 453 g/mol. The molecule has 3 rings (SSSR count). The van der Waals surface area contributed by atoms with E-state index in [-0.39, 0.29) is 24.3 Å². The molecule has 0 spiro atoms. The lowest BCUT2D eigenvalue weighted by atomic mass is 10.0. The van der Waals surface area contributed by atoms with Crippen molar-refractivity contribution >= 4 is 23.6 Å². The van der Waals surface area contributed by atoms with Crippen LogP contribution in [-0.4, -0.2) is 37.6 Å². The number of benzene rings is 1. The molecule has 6 heteroatoms. The third-order valence-electron chi connectivity index (χ3n) is 6.48. The van der Waals surface area contributed by atoms with Gasteiger partial charge in [0.25, 0.3) is 0 Å². The minimum atomic E-state index is -0.298. The summed E-state index contributed by atoms with van der Waals surface area (Å²) >= 11 is 0. The van der Waals surface area contributed by atoms with Gasteiger partial charge in [0.15, 0.2) is 0 Å². The van der Waals surface area contributed by atoms with Crippen LogP contribution in [0.15, 0.2) is 41.5 Å². The molecule has 6 nitrogen and oxygen atoms in total. The topological polar surface area (TPSA) is 70.7 Å². The van der Waals surface area contributed by atoms with Gasteiger partial charge in [-0.1, -0.05) is 26.0 Å². The summed E-state index contributed by atoms with van der Waals surface area (Å²) in [5, 5.41) is 7.02. The number of carbonyl (C=O) groups excluding carboxylic acids is 2. The highest BCUT2D eigenvalue weighted by Crippen LogP contribution is 2.36. The Kier molecular flexibility index (Phi) is 8.73. The summed E-state index contributed by atoms with van der Waals surface area (Å²) < 4.78 is 5.79. The summed E-state index contributed by atoms with van der Waals surface area (Å²) in [6, 6.07) is 6.05. The average Bonchev–Trinajstić information content (AvgIpc) is 3.42. The minimum absolute atomic E-state index is 0.0295. The summed E-state index contributed by atoms with van der Waals surface area (Å²) in [5.74, 6) is 0.279. The molecule has 33 heavy (non-hydrogen) atoms. The van der Waals surface area contributed by atoms with Crippen LogP contribution in [-0.2, 0) is 20.9 Å². The van der Waals surface area contributed by atoms with Crippen LogP contribution in [0.4, 0.5) is 11.4 Å². The molecular formula is C27H39N3O3. The molecule has 1 aromatic carbocycles. The number of aldehydes is 1. The standard InChI is InChI=1S/C27H39N3O3/c1-6-21(14-19(4)17-31)26-29-23-15-20(11-12-25(23)30(26)5)16-28-24(13-18(2)3)27(32)33-22-9-7-8-10-22/h6,11-12,14-15,17-18,22,24,26,28-29H,7-10,13,16H2,1-5H3/b19-14-,21-6+. The molecule has 180 valence electrons. The molecule has 1 aliphatic carbocycles. The highest BCUT2D eigenvalue weighted by molar-refractivity contribution is 5.79. The van der Waals surface area contributed by atoms with E-state index in [1.165, 1.54) is 0 Å². The van der Waals surface area contributed by atoms with Crippen LogP contribution >= 0.6 is 0 Å². The van der Waals surface area contributed by atoms with Gasteiger partial charge in [0.2, 0.25) is 0 Å². The Hall–Kier alpha value is -2.60. The third kappa shape index (κ3) is 6.47. The van der Waals surface area contributed by atoms with Crippen molar-refractivity contribution in [2.45, 2.75) is 84.7 Å². The largest absolute Gasteiger partial charge is 0.461 e. The van der Waals surface area contributed by atoms with Crippen LogP contribution in [0.25, 0.3) is 0 Å². The van der Waals surface area contributed by atoms with E-state index in [4.69, 9.17) is 4.74 Å². The fourth-order valence-electron chi connectivity index (χ4n) is 4.65. The van der Waals surface area contributed by atoms with Gasteiger partial charge in [0, 0.05) is 13.6 Å². The number of ether oxygens (including phenoxy) is 1. The van der Waals surface area contributed by atoms with Crippen molar-refractivity contribution in [1.82, 2.24) is 5.32 Å². The van der Waals surface area contributed by atoms with Crippen LogP contribution in [0.1, 0.15) is 65.4 Å².